The van der Waals surface area contributed by atoms with Crippen molar-refractivity contribution in [2.24, 2.45) is 0 Å². The normalized spacial score (nSPS) is 10.4. The van der Waals surface area contributed by atoms with E-state index in [1.165, 1.54) is 18.2 Å². The van der Waals surface area contributed by atoms with Gasteiger partial charge >= 0.3 is 0 Å². The second-order valence-corrected chi connectivity index (χ2v) is 4.47. The molecule has 0 saturated carbocycles. The van der Waals surface area contributed by atoms with Crippen molar-refractivity contribution in [2.45, 2.75) is 0 Å². The molecule has 20 heavy (non-hydrogen) atoms. The van der Waals surface area contributed by atoms with Crippen LogP contribution in [0.1, 0.15) is 0 Å². The molecule has 0 amide bonds. The molecule has 0 aliphatic carbocycles. The Hall–Kier alpha value is -2.68. The minimum absolute atomic E-state index is 0.114. The number of para-hydroxylation sites is 1. The first-order valence-electron chi connectivity index (χ1n) is 6.28. The maximum atomic E-state index is 13.3. The predicted molar refractivity (Wildman–Crippen MR) is 77.4 cm³/mol. The van der Waals surface area contributed by atoms with Gasteiger partial charge in [-0.05, 0) is 41.5 Å². The molecule has 0 bridgehead atoms. The number of hydrogen-bond donors (Lipinski definition) is 0. The van der Waals surface area contributed by atoms with Gasteiger partial charge in [-0.15, -0.1) is 0 Å². The summed E-state index contributed by atoms with van der Waals surface area (Å²) in [6, 6.07) is 18.9. The molecule has 0 aliphatic heterocycles. The topological polar surface area (TPSA) is 22.0 Å². The molecule has 3 rings (SSSR count). The maximum absolute atomic E-state index is 13.3. The summed E-state index contributed by atoms with van der Waals surface area (Å²) in [4.78, 5) is 12.0. The Labute approximate surface area is 115 Å². The molecule has 3 aromatic rings. The van der Waals surface area contributed by atoms with E-state index in [-0.39, 0.29) is 11.4 Å². The number of halogens is 1. The minimum atomic E-state index is -0.292. The fraction of sp³-hybridized carbons (Fsp3) is 0. The summed E-state index contributed by atoms with van der Waals surface area (Å²) in [5.74, 6) is -0.292. The average Bonchev–Trinajstić information content (AvgIpc) is 2.48. The van der Waals surface area contributed by atoms with Crippen LogP contribution in [0.3, 0.4) is 0 Å². The molecular weight excluding hydrogens is 253 g/mol. The molecule has 0 spiro atoms. The molecule has 0 saturated heterocycles. The minimum Gasteiger partial charge on any atom is -0.284 e. The average molecular weight is 265 g/mol. The lowest BCUT2D eigenvalue weighted by Crippen LogP contribution is -2.16. The van der Waals surface area contributed by atoms with Crippen LogP contribution in [-0.2, 0) is 0 Å². The van der Waals surface area contributed by atoms with Gasteiger partial charge in [0.2, 0.25) is 0 Å². The van der Waals surface area contributed by atoms with Gasteiger partial charge in [0.05, 0.1) is 0 Å². The zero-order valence-corrected chi connectivity index (χ0v) is 10.7. The van der Waals surface area contributed by atoms with E-state index >= 15 is 0 Å². The van der Waals surface area contributed by atoms with Crippen molar-refractivity contribution in [2.75, 3.05) is 0 Å². The Kier molecular flexibility index (Phi) is 3.17. The quantitative estimate of drug-likeness (QED) is 0.693. The summed E-state index contributed by atoms with van der Waals surface area (Å²) in [7, 11) is 0. The van der Waals surface area contributed by atoms with E-state index in [1.807, 2.05) is 36.4 Å². The number of rotatable bonds is 2. The molecule has 2 aromatic carbocycles. The van der Waals surface area contributed by atoms with Gasteiger partial charge in [-0.3, -0.25) is 9.36 Å². The van der Waals surface area contributed by atoms with Crippen LogP contribution in [0, 0.1) is 5.82 Å². The molecule has 0 N–H and O–H groups in total. The SMILES string of the molecule is O=c1ccc(-c2cccc(F)c2)cn1-c1ccccc1. The molecule has 0 aliphatic rings. The summed E-state index contributed by atoms with van der Waals surface area (Å²) in [6.07, 6.45) is 1.73. The van der Waals surface area contributed by atoms with Gasteiger partial charge in [-0.2, -0.15) is 0 Å². The molecule has 0 radical (unpaired) electrons. The van der Waals surface area contributed by atoms with Crippen LogP contribution in [0.4, 0.5) is 4.39 Å². The monoisotopic (exact) mass is 265 g/mol. The molecule has 1 heterocycles. The van der Waals surface area contributed by atoms with Crippen molar-refractivity contribution in [3.63, 3.8) is 0 Å². The van der Waals surface area contributed by atoms with Crippen molar-refractivity contribution < 1.29 is 4.39 Å². The molecule has 0 fully saturated rings. The van der Waals surface area contributed by atoms with Crippen molar-refractivity contribution >= 4 is 0 Å². The van der Waals surface area contributed by atoms with E-state index in [9.17, 15) is 9.18 Å². The molecule has 98 valence electrons. The Morgan fingerprint density at radius 3 is 2.35 bits per heavy atom. The van der Waals surface area contributed by atoms with E-state index < -0.39 is 0 Å². The van der Waals surface area contributed by atoms with Gasteiger partial charge in [0, 0.05) is 18.0 Å². The molecule has 0 unspecified atom stereocenters. The van der Waals surface area contributed by atoms with Crippen LogP contribution in [0.5, 0.6) is 0 Å². The van der Waals surface area contributed by atoms with Crippen molar-refractivity contribution in [1.29, 1.82) is 0 Å². The van der Waals surface area contributed by atoms with Crippen LogP contribution in [0.25, 0.3) is 16.8 Å². The lowest BCUT2D eigenvalue weighted by Gasteiger charge is -2.08. The summed E-state index contributed by atoms with van der Waals surface area (Å²) in [6.45, 7) is 0. The Morgan fingerprint density at radius 2 is 1.60 bits per heavy atom. The van der Waals surface area contributed by atoms with Crippen LogP contribution < -0.4 is 5.56 Å². The fourth-order valence-electron chi connectivity index (χ4n) is 2.12. The lowest BCUT2D eigenvalue weighted by molar-refractivity contribution is 0.628. The van der Waals surface area contributed by atoms with Crippen molar-refractivity contribution in [3.05, 3.63) is 89.1 Å². The number of nitrogens with zero attached hydrogens (tertiary/aromatic N) is 1. The van der Waals surface area contributed by atoms with Gasteiger partial charge in [-0.1, -0.05) is 30.3 Å². The third-order valence-electron chi connectivity index (χ3n) is 3.10. The first-order chi connectivity index (χ1) is 9.74. The van der Waals surface area contributed by atoms with Gasteiger partial charge in [0.15, 0.2) is 0 Å². The number of aromatic nitrogens is 1. The predicted octanol–water partition coefficient (Wildman–Crippen LogP) is 3.64. The van der Waals surface area contributed by atoms with E-state index in [4.69, 9.17) is 0 Å². The van der Waals surface area contributed by atoms with E-state index in [1.54, 1.807) is 22.9 Å². The number of hydrogen-bond acceptors (Lipinski definition) is 1. The molecule has 2 nitrogen and oxygen atoms in total. The zero-order chi connectivity index (χ0) is 13.9. The lowest BCUT2D eigenvalue weighted by atomic mass is 10.1. The first-order valence-corrected chi connectivity index (χ1v) is 6.28. The van der Waals surface area contributed by atoms with Gasteiger partial charge < -0.3 is 0 Å². The van der Waals surface area contributed by atoms with Gasteiger partial charge in [0.1, 0.15) is 5.82 Å². The van der Waals surface area contributed by atoms with Crippen molar-refractivity contribution in [1.82, 2.24) is 4.57 Å². The highest BCUT2D eigenvalue weighted by atomic mass is 19.1. The molecule has 0 atom stereocenters. The third kappa shape index (κ3) is 2.38. The highest BCUT2D eigenvalue weighted by Gasteiger charge is 2.04. The standard InChI is InChI=1S/C17H12FNO/c18-15-6-4-5-13(11-15)14-9-10-17(20)19(12-14)16-7-2-1-3-8-16/h1-12H. The molecule has 1 aromatic heterocycles. The maximum Gasteiger partial charge on any atom is 0.255 e. The Bertz CT molecular complexity index is 793. The fourth-order valence-corrected chi connectivity index (χ4v) is 2.12. The Morgan fingerprint density at radius 1 is 0.800 bits per heavy atom. The number of benzene rings is 2. The molecule has 3 heteroatoms. The van der Waals surface area contributed by atoms with Gasteiger partial charge in [-0.25, -0.2) is 4.39 Å². The Balaban J connectivity index is 2.14. The van der Waals surface area contributed by atoms with E-state index in [2.05, 4.69) is 0 Å². The second-order valence-electron chi connectivity index (χ2n) is 4.47. The van der Waals surface area contributed by atoms with E-state index in [0.717, 1.165) is 16.8 Å². The first kappa shape index (κ1) is 12.4. The van der Waals surface area contributed by atoms with Crippen LogP contribution in [0.2, 0.25) is 0 Å². The summed E-state index contributed by atoms with van der Waals surface area (Å²) < 4.78 is 14.8. The van der Waals surface area contributed by atoms with Gasteiger partial charge in [0.25, 0.3) is 5.56 Å². The summed E-state index contributed by atoms with van der Waals surface area (Å²) in [5.41, 5.74) is 2.22. The number of pyridine rings is 1. The molecular formula is C17H12FNO. The van der Waals surface area contributed by atoms with Crippen LogP contribution >= 0.6 is 0 Å². The highest BCUT2D eigenvalue weighted by Crippen LogP contribution is 2.19. The van der Waals surface area contributed by atoms with Crippen LogP contribution in [-0.4, -0.2) is 4.57 Å². The smallest absolute Gasteiger partial charge is 0.255 e. The van der Waals surface area contributed by atoms with Crippen LogP contribution in [0.15, 0.2) is 77.7 Å². The third-order valence-corrected chi connectivity index (χ3v) is 3.10. The summed E-state index contributed by atoms with van der Waals surface area (Å²) in [5, 5.41) is 0. The van der Waals surface area contributed by atoms with Crippen molar-refractivity contribution in [3.8, 4) is 16.8 Å². The van der Waals surface area contributed by atoms with E-state index in [0.29, 0.717) is 0 Å². The highest BCUT2D eigenvalue weighted by molar-refractivity contribution is 5.62. The largest absolute Gasteiger partial charge is 0.284 e. The zero-order valence-electron chi connectivity index (χ0n) is 10.7. The second kappa shape index (κ2) is 5.13. The summed E-state index contributed by atoms with van der Waals surface area (Å²) >= 11 is 0.